The van der Waals surface area contributed by atoms with Crippen LogP contribution >= 0.6 is 34.8 Å². The number of carbonyl (C=O) groups excluding carboxylic acids is 4. The van der Waals surface area contributed by atoms with Gasteiger partial charge in [0.15, 0.2) is 0 Å². The topological polar surface area (TPSA) is 105 Å². The van der Waals surface area contributed by atoms with E-state index in [1.807, 2.05) is 0 Å². The number of rotatable bonds is 7. The molecule has 0 bridgehead atoms. The highest BCUT2D eigenvalue weighted by Gasteiger charge is 2.39. The van der Waals surface area contributed by atoms with E-state index in [0.29, 0.717) is 22.5 Å². The second-order valence-electron chi connectivity index (χ2n) is 8.45. The molecule has 11 heteroatoms. The van der Waals surface area contributed by atoms with Crippen molar-refractivity contribution in [3.63, 3.8) is 0 Å². The molecule has 38 heavy (non-hydrogen) atoms. The van der Waals surface area contributed by atoms with E-state index < -0.39 is 23.7 Å². The van der Waals surface area contributed by atoms with Crippen molar-refractivity contribution in [1.29, 1.82) is 0 Å². The molecule has 1 aliphatic heterocycles. The van der Waals surface area contributed by atoms with Crippen LogP contribution in [0.5, 0.6) is 0 Å². The number of esters is 1. The number of anilines is 3. The Morgan fingerprint density at radius 3 is 2.11 bits per heavy atom. The lowest BCUT2D eigenvalue weighted by molar-refractivity contribution is -0.120. The van der Waals surface area contributed by atoms with E-state index in [0.717, 1.165) is 4.90 Å². The minimum atomic E-state index is -0.729. The summed E-state index contributed by atoms with van der Waals surface area (Å²) in [6.45, 7) is 3.50. The average Bonchev–Trinajstić information content (AvgIpc) is 3.06. The SMILES string of the molecule is CC(C)OC(=O)c1cccc(NC(=O)c2ccc(NC3=C(Cl)C(=O)N(c4cc(Cl)cc(Cl)c4)C3=O)cc2)c1. The van der Waals surface area contributed by atoms with Crippen LogP contribution in [0.3, 0.4) is 0 Å². The fourth-order valence-electron chi connectivity index (χ4n) is 3.57. The van der Waals surface area contributed by atoms with Gasteiger partial charge in [-0.1, -0.05) is 40.9 Å². The molecule has 0 atom stereocenters. The second-order valence-corrected chi connectivity index (χ2v) is 9.70. The number of nitrogens with zero attached hydrogens (tertiary/aromatic N) is 1. The standard InChI is InChI=1S/C27H20Cl3N3O5/c1-14(2)38-27(37)16-4-3-5-20(10-16)32-24(34)15-6-8-19(9-7-15)31-23-22(30)25(35)33(26(23)36)21-12-17(28)11-18(29)13-21/h3-14,31H,1-2H3,(H,32,34). The van der Waals surface area contributed by atoms with Crippen molar-refractivity contribution in [2.75, 3.05) is 15.5 Å². The quantitative estimate of drug-likeness (QED) is 0.256. The smallest absolute Gasteiger partial charge is 0.338 e. The van der Waals surface area contributed by atoms with E-state index >= 15 is 0 Å². The molecule has 0 saturated heterocycles. The molecule has 8 nitrogen and oxygen atoms in total. The first-order valence-corrected chi connectivity index (χ1v) is 12.4. The van der Waals surface area contributed by atoms with Crippen LogP contribution in [0.1, 0.15) is 34.6 Å². The van der Waals surface area contributed by atoms with Gasteiger partial charge in [0.25, 0.3) is 17.7 Å². The number of ether oxygens (including phenoxy) is 1. The summed E-state index contributed by atoms with van der Waals surface area (Å²) in [6.07, 6.45) is -0.269. The van der Waals surface area contributed by atoms with Crippen molar-refractivity contribution in [1.82, 2.24) is 0 Å². The maximum Gasteiger partial charge on any atom is 0.338 e. The molecular weight excluding hydrogens is 553 g/mol. The first-order valence-electron chi connectivity index (χ1n) is 11.3. The van der Waals surface area contributed by atoms with E-state index in [1.54, 1.807) is 44.2 Å². The van der Waals surface area contributed by atoms with Gasteiger partial charge in [-0.15, -0.1) is 0 Å². The van der Waals surface area contributed by atoms with Crippen LogP contribution in [0.25, 0.3) is 0 Å². The number of halogens is 3. The highest BCUT2D eigenvalue weighted by Crippen LogP contribution is 2.33. The number of benzene rings is 3. The largest absolute Gasteiger partial charge is 0.459 e. The van der Waals surface area contributed by atoms with Crippen LogP contribution in [-0.4, -0.2) is 29.8 Å². The predicted octanol–water partition coefficient (Wildman–Crippen LogP) is 6.25. The number of amides is 3. The zero-order valence-corrected chi connectivity index (χ0v) is 22.3. The molecule has 0 fully saturated rings. The lowest BCUT2D eigenvalue weighted by atomic mass is 10.1. The Kier molecular flexibility index (Phi) is 8.06. The third-order valence-electron chi connectivity index (χ3n) is 5.25. The third-order valence-corrected chi connectivity index (χ3v) is 6.04. The first kappa shape index (κ1) is 27.2. The lowest BCUT2D eigenvalue weighted by Gasteiger charge is -2.16. The van der Waals surface area contributed by atoms with E-state index in [-0.39, 0.29) is 32.6 Å². The van der Waals surface area contributed by atoms with Crippen molar-refractivity contribution in [2.45, 2.75) is 20.0 Å². The Labute approximate surface area is 233 Å². The minimum Gasteiger partial charge on any atom is -0.459 e. The number of hydrogen-bond donors (Lipinski definition) is 2. The fourth-order valence-corrected chi connectivity index (χ4v) is 4.30. The van der Waals surface area contributed by atoms with Gasteiger partial charge in [0, 0.05) is 27.0 Å². The molecule has 0 unspecified atom stereocenters. The summed E-state index contributed by atoms with van der Waals surface area (Å²) in [4.78, 5) is 51.4. The van der Waals surface area contributed by atoms with Crippen molar-refractivity contribution in [3.8, 4) is 0 Å². The van der Waals surface area contributed by atoms with Crippen LogP contribution < -0.4 is 15.5 Å². The normalized spacial score (nSPS) is 13.3. The highest BCUT2D eigenvalue weighted by atomic mass is 35.5. The number of carbonyl (C=O) groups is 4. The molecule has 194 valence electrons. The van der Waals surface area contributed by atoms with Gasteiger partial charge in [-0.05, 0) is 74.5 Å². The van der Waals surface area contributed by atoms with Crippen LogP contribution in [0.15, 0.2) is 77.5 Å². The Morgan fingerprint density at radius 2 is 1.47 bits per heavy atom. The Bertz CT molecular complexity index is 1470. The summed E-state index contributed by atoms with van der Waals surface area (Å²) >= 11 is 18.2. The summed E-state index contributed by atoms with van der Waals surface area (Å²) < 4.78 is 5.18. The lowest BCUT2D eigenvalue weighted by Crippen LogP contribution is -2.32. The summed E-state index contributed by atoms with van der Waals surface area (Å²) in [6, 6.07) is 16.9. The zero-order valence-electron chi connectivity index (χ0n) is 20.1. The Morgan fingerprint density at radius 1 is 0.816 bits per heavy atom. The fraction of sp³-hybridized carbons (Fsp3) is 0.111. The third kappa shape index (κ3) is 5.99. The van der Waals surface area contributed by atoms with Gasteiger partial charge >= 0.3 is 5.97 Å². The molecule has 3 aromatic rings. The molecule has 0 aromatic heterocycles. The molecular formula is C27H20Cl3N3O5. The van der Waals surface area contributed by atoms with Crippen molar-refractivity contribution in [3.05, 3.63) is 98.6 Å². The second kappa shape index (κ2) is 11.3. The zero-order chi connectivity index (χ0) is 27.6. The summed E-state index contributed by atoms with van der Waals surface area (Å²) in [7, 11) is 0. The number of nitrogens with one attached hydrogen (secondary N) is 2. The highest BCUT2D eigenvalue weighted by molar-refractivity contribution is 6.53. The van der Waals surface area contributed by atoms with Gasteiger partial charge in [-0.25, -0.2) is 9.69 Å². The molecule has 0 radical (unpaired) electrons. The van der Waals surface area contributed by atoms with Gasteiger partial charge in [-0.3, -0.25) is 14.4 Å². The molecule has 3 amide bonds. The van der Waals surface area contributed by atoms with Gasteiger partial charge in [0.05, 0.1) is 17.4 Å². The predicted molar refractivity (Wildman–Crippen MR) is 147 cm³/mol. The van der Waals surface area contributed by atoms with E-state index in [9.17, 15) is 19.2 Å². The molecule has 0 saturated carbocycles. The summed E-state index contributed by atoms with van der Waals surface area (Å²) in [5.41, 5.74) is 1.51. The van der Waals surface area contributed by atoms with Crippen LogP contribution in [0.2, 0.25) is 10.0 Å². The molecule has 2 N–H and O–H groups in total. The van der Waals surface area contributed by atoms with E-state index in [2.05, 4.69) is 10.6 Å². The van der Waals surface area contributed by atoms with Crippen molar-refractivity contribution >= 4 is 75.6 Å². The van der Waals surface area contributed by atoms with E-state index in [4.69, 9.17) is 39.5 Å². The van der Waals surface area contributed by atoms with Crippen LogP contribution in [0.4, 0.5) is 17.1 Å². The minimum absolute atomic E-state index is 0.130. The van der Waals surface area contributed by atoms with Crippen molar-refractivity contribution in [2.24, 2.45) is 0 Å². The van der Waals surface area contributed by atoms with Crippen LogP contribution in [-0.2, 0) is 14.3 Å². The van der Waals surface area contributed by atoms with Gasteiger partial charge in [0.1, 0.15) is 10.7 Å². The maximum atomic E-state index is 13.0. The molecule has 0 spiro atoms. The Balaban J connectivity index is 1.45. The summed E-state index contributed by atoms with van der Waals surface area (Å²) in [5, 5.41) is 5.77. The average molecular weight is 573 g/mol. The number of hydrogen-bond acceptors (Lipinski definition) is 6. The monoisotopic (exact) mass is 571 g/mol. The van der Waals surface area contributed by atoms with Crippen molar-refractivity contribution < 1.29 is 23.9 Å². The van der Waals surface area contributed by atoms with Crippen LogP contribution in [0, 0.1) is 0 Å². The molecule has 1 heterocycles. The van der Waals surface area contributed by atoms with E-state index in [1.165, 1.54) is 36.4 Å². The molecule has 1 aliphatic rings. The Hall–Kier alpha value is -3.85. The molecule has 0 aliphatic carbocycles. The maximum absolute atomic E-state index is 13.0. The first-order chi connectivity index (χ1) is 18.0. The van der Waals surface area contributed by atoms with Gasteiger partial charge in [0.2, 0.25) is 0 Å². The van der Waals surface area contributed by atoms with Gasteiger partial charge < -0.3 is 15.4 Å². The molecule has 3 aromatic carbocycles. The van der Waals surface area contributed by atoms with Gasteiger partial charge in [-0.2, -0.15) is 0 Å². The summed E-state index contributed by atoms with van der Waals surface area (Å²) in [5.74, 6) is -2.32. The number of imide groups is 1. The molecule has 4 rings (SSSR count).